The fourth-order valence-electron chi connectivity index (χ4n) is 1.85. The van der Waals surface area contributed by atoms with Crippen molar-refractivity contribution in [3.8, 4) is 5.75 Å². The van der Waals surface area contributed by atoms with Crippen molar-refractivity contribution in [2.24, 2.45) is 0 Å². The fraction of sp³-hybridized carbons (Fsp3) is 0.462. The van der Waals surface area contributed by atoms with E-state index in [0.717, 1.165) is 12.8 Å². The Labute approximate surface area is 122 Å². The molecule has 1 N–H and O–H groups in total. The largest absolute Gasteiger partial charge is 0.482 e. The number of nitrogens with one attached hydrogen (secondary N) is 1. The zero-order valence-corrected chi connectivity index (χ0v) is 11.8. The van der Waals surface area contributed by atoms with E-state index in [1.807, 2.05) is 0 Å². The maximum Gasteiger partial charge on any atom is 0.258 e. The first-order valence-corrected chi connectivity index (χ1v) is 6.85. The maximum absolute atomic E-state index is 11.7. The molecule has 6 heteroatoms. The van der Waals surface area contributed by atoms with Crippen molar-refractivity contribution in [1.82, 2.24) is 5.32 Å². The fourth-order valence-corrected chi connectivity index (χ4v) is 2.31. The molecule has 0 aromatic heterocycles. The molecule has 0 atom stereocenters. The second kappa shape index (κ2) is 6.98. The van der Waals surface area contributed by atoms with Gasteiger partial charge in [-0.1, -0.05) is 23.2 Å². The van der Waals surface area contributed by atoms with Crippen LogP contribution in [0.4, 0.5) is 0 Å². The summed E-state index contributed by atoms with van der Waals surface area (Å²) < 4.78 is 10.6. The monoisotopic (exact) mass is 303 g/mol. The van der Waals surface area contributed by atoms with E-state index in [2.05, 4.69) is 5.32 Å². The first-order valence-electron chi connectivity index (χ1n) is 6.10. The highest BCUT2D eigenvalue weighted by molar-refractivity contribution is 6.35. The van der Waals surface area contributed by atoms with Crippen LogP contribution in [0.2, 0.25) is 10.0 Å². The first kappa shape index (κ1) is 14.4. The minimum Gasteiger partial charge on any atom is -0.482 e. The van der Waals surface area contributed by atoms with E-state index >= 15 is 0 Å². The number of ether oxygens (including phenoxy) is 2. The van der Waals surface area contributed by atoms with Crippen molar-refractivity contribution < 1.29 is 14.3 Å². The molecule has 1 fully saturated rings. The lowest BCUT2D eigenvalue weighted by molar-refractivity contribution is -0.124. The molecule has 104 valence electrons. The lowest BCUT2D eigenvalue weighted by Crippen LogP contribution is -2.41. The quantitative estimate of drug-likeness (QED) is 0.930. The van der Waals surface area contributed by atoms with Gasteiger partial charge in [0, 0.05) is 24.3 Å². The molecular formula is C13H15Cl2NO3. The summed E-state index contributed by atoms with van der Waals surface area (Å²) in [4.78, 5) is 11.7. The number of hydrogen-bond acceptors (Lipinski definition) is 3. The average molecular weight is 304 g/mol. The first-order chi connectivity index (χ1) is 9.15. The Balaban J connectivity index is 1.79. The van der Waals surface area contributed by atoms with Crippen molar-refractivity contribution in [2.45, 2.75) is 18.9 Å². The van der Waals surface area contributed by atoms with Gasteiger partial charge < -0.3 is 14.8 Å². The lowest BCUT2D eigenvalue weighted by Gasteiger charge is -2.23. The van der Waals surface area contributed by atoms with E-state index in [4.69, 9.17) is 32.7 Å². The number of hydrogen-bond donors (Lipinski definition) is 1. The molecule has 0 radical (unpaired) electrons. The molecular weight excluding hydrogens is 289 g/mol. The van der Waals surface area contributed by atoms with Crippen LogP contribution >= 0.6 is 23.2 Å². The van der Waals surface area contributed by atoms with Crippen molar-refractivity contribution in [3.05, 3.63) is 28.2 Å². The van der Waals surface area contributed by atoms with Crippen molar-refractivity contribution in [2.75, 3.05) is 19.8 Å². The topological polar surface area (TPSA) is 47.6 Å². The van der Waals surface area contributed by atoms with Gasteiger partial charge in [0.25, 0.3) is 5.91 Å². The highest BCUT2D eigenvalue weighted by Crippen LogP contribution is 2.27. The van der Waals surface area contributed by atoms with Crippen LogP contribution in [0.5, 0.6) is 5.75 Å². The van der Waals surface area contributed by atoms with E-state index in [-0.39, 0.29) is 18.6 Å². The van der Waals surface area contributed by atoms with Crippen LogP contribution in [0.3, 0.4) is 0 Å². The maximum atomic E-state index is 11.7. The van der Waals surface area contributed by atoms with Crippen LogP contribution < -0.4 is 10.1 Å². The van der Waals surface area contributed by atoms with Crippen molar-refractivity contribution >= 4 is 29.1 Å². The number of carbonyl (C=O) groups is 1. The molecule has 1 aromatic rings. The summed E-state index contributed by atoms with van der Waals surface area (Å²) in [5.41, 5.74) is 0. The molecule has 19 heavy (non-hydrogen) atoms. The normalized spacial score (nSPS) is 16.1. The molecule has 1 aromatic carbocycles. The van der Waals surface area contributed by atoms with Gasteiger partial charge in [-0.15, -0.1) is 0 Å². The number of amides is 1. The van der Waals surface area contributed by atoms with Gasteiger partial charge in [-0.2, -0.15) is 0 Å². The van der Waals surface area contributed by atoms with Gasteiger partial charge in [0.2, 0.25) is 0 Å². The lowest BCUT2D eigenvalue weighted by atomic mass is 10.1. The molecule has 0 unspecified atom stereocenters. The van der Waals surface area contributed by atoms with Crippen molar-refractivity contribution in [1.29, 1.82) is 0 Å². The predicted molar refractivity (Wildman–Crippen MR) is 73.9 cm³/mol. The van der Waals surface area contributed by atoms with Gasteiger partial charge in [-0.05, 0) is 31.0 Å². The Morgan fingerprint density at radius 3 is 2.79 bits per heavy atom. The minimum atomic E-state index is -0.155. The SMILES string of the molecule is O=C(COc1ccc(Cl)cc1Cl)NC1CCOCC1. The van der Waals surface area contributed by atoms with Crippen LogP contribution in [0.15, 0.2) is 18.2 Å². The molecule has 1 aliphatic rings. The molecule has 0 aliphatic carbocycles. The molecule has 1 amide bonds. The third-order valence-corrected chi connectivity index (χ3v) is 3.37. The molecule has 1 aliphatic heterocycles. The molecule has 1 heterocycles. The van der Waals surface area contributed by atoms with Gasteiger partial charge in [0.1, 0.15) is 5.75 Å². The Morgan fingerprint density at radius 1 is 1.37 bits per heavy atom. The zero-order valence-electron chi connectivity index (χ0n) is 10.3. The summed E-state index contributed by atoms with van der Waals surface area (Å²) in [6, 6.07) is 5.06. The number of halogens is 2. The smallest absolute Gasteiger partial charge is 0.258 e. The van der Waals surface area contributed by atoms with Gasteiger partial charge >= 0.3 is 0 Å². The van der Waals surface area contributed by atoms with Gasteiger partial charge in [0.15, 0.2) is 6.61 Å². The third-order valence-electron chi connectivity index (χ3n) is 2.84. The van der Waals surface area contributed by atoms with Crippen LogP contribution in [0.1, 0.15) is 12.8 Å². The predicted octanol–water partition coefficient (Wildman–Crippen LogP) is 2.67. The van der Waals surface area contributed by atoms with E-state index in [1.165, 1.54) is 0 Å². The van der Waals surface area contributed by atoms with Crippen molar-refractivity contribution in [3.63, 3.8) is 0 Å². The molecule has 0 saturated carbocycles. The van der Waals surface area contributed by atoms with Gasteiger partial charge in [-0.3, -0.25) is 4.79 Å². The molecule has 0 bridgehead atoms. The summed E-state index contributed by atoms with van der Waals surface area (Å²) >= 11 is 11.7. The van der Waals surface area contributed by atoms with E-state index < -0.39 is 0 Å². The second-order valence-corrected chi connectivity index (χ2v) is 5.16. The Hall–Kier alpha value is -0.970. The highest BCUT2D eigenvalue weighted by Gasteiger charge is 2.16. The minimum absolute atomic E-state index is 0.0568. The van der Waals surface area contributed by atoms with Gasteiger partial charge in [-0.25, -0.2) is 0 Å². The van der Waals surface area contributed by atoms with E-state index in [0.29, 0.717) is 29.0 Å². The standard InChI is InChI=1S/C13H15Cl2NO3/c14-9-1-2-12(11(15)7-9)19-8-13(17)16-10-3-5-18-6-4-10/h1-2,7,10H,3-6,8H2,(H,16,17). The third kappa shape index (κ3) is 4.56. The summed E-state index contributed by atoms with van der Waals surface area (Å²) in [5, 5.41) is 3.83. The van der Waals surface area contributed by atoms with Gasteiger partial charge in [0.05, 0.1) is 5.02 Å². The molecule has 0 spiro atoms. The highest BCUT2D eigenvalue weighted by atomic mass is 35.5. The van der Waals surface area contributed by atoms with Crippen LogP contribution in [-0.4, -0.2) is 31.8 Å². The summed E-state index contributed by atoms with van der Waals surface area (Å²) in [6.07, 6.45) is 1.68. The van der Waals surface area contributed by atoms with E-state index in [9.17, 15) is 4.79 Å². The zero-order chi connectivity index (χ0) is 13.7. The van der Waals surface area contributed by atoms with Crippen LogP contribution in [-0.2, 0) is 9.53 Å². The Kier molecular flexibility index (Phi) is 5.31. The van der Waals surface area contributed by atoms with E-state index in [1.54, 1.807) is 18.2 Å². The molecule has 2 rings (SSSR count). The number of carbonyl (C=O) groups excluding carboxylic acids is 1. The average Bonchev–Trinajstić information content (AvgIpc) is 2.39. The number of benzene rings is 1. The number of rotatable bonds is 4. The molecule has 4 nitrogen and oxygen atoms in total. The second-order valence-electron chi connectivity index (χ2n) is 4.32. The Bertz CT molecular complexity index is 448. The van der Waals surface area contributed by atoms with Crippen LogP contribution in [0, 0.1) is 0 Å². The summed E-state index contributed by atoms with van der Waals surface area (Å²) in [6.45, 7) is 1.32. The summed E-state index contributed by atoms with van der Waals surface area (Å²) in [5.74, 6) is 0.297. The molecule has 1 saturated heterocycles. The Morgan fingerprint density at radius 2 is 2.11 bits per heavy atom. The van der Waals surface area contributed by atoms with Crippen LogP contribution in [0.25, 0.3) is 0 Å². The summed E-state index contributed by atoms with van der Waals surface area (Å²) in [7, 11) is 0.